The zero-order valence-corrected chi connectivity index (χ0v) is 22.4. The minimum Gasteiger partial charge on any atom is -0.569 e. The van der Waals surface area contributed by atoms with Gasteiger partial charge in [0.25, 0.3) is 6.79 Å². The van der Waals surface area contributed by atoms with Crippen LogP contribution in [0.15, 0.2) is 64.8 Å². The highest BCUT2D eigenvalue weighted by atomic mass is 32.2. The summed E-state index contributed by atoms with van der Waals surface area (Å²) in [5.74, 6) is -1.22. The van der Waals surface area contributed by atoms with Gasteiger partial charge >= 0.3 is 18.1 Å². The molecular weight excluding hydrogens is 575 g/mol. The molecule has 1 N–H and O–H groups in total. The summed E-state index contributed by atoms with van der Waals surface area (Å²) in [6.07, 6.45) is -4.85. The smallest absolute Gasteiger partial charge is 0.435 e. The number of alkyl halides is 3. The van der Waals surface area contributed by atoms with Crippen molar-refractivity contribution in [1.29, 1.82) is 0 Å². The molecule has 0 aliphatic heterocycles. The van der Waals surface area contributed by atoms with Crippen molar-refractivity contribution in [2.45, 2.75) is 24.4 Å². The van der Waals surface area contributed by atoms with Crippen LogP contribution in [0.4, 0.5) is 13.2 Å². The lowest BCUT2D eigenvalue weighted by Gasteiger charge is -2.13. The minimum absolute atomic E-state index is 0.0324. The van der Waals surface area contributed by atoms with Gasteiger partial charge in [0.2, 0.25) is 5.28 Å². The van der Waals surface area contributed by atoms with Crippen LogP contribution in [0, 0.1) is 5.21 Å². The number of halogens is 3. The van der Waals surface area contributed by atoms with Crippen LogP contribution in [-0.4, -0.2) is 67.5 Å². The number of hydrogen-bond donors (Lipinski definition) is 1. The van der Waals surface area contributed by atoms with Crippen molar-refractivity contribution < 1.29 is 50.8 Å². The lowest BCUT2D eigenvalue weighted by atomic mass is 10.1. The predicted octanol–water partition coefficient (Wildman–Crippen LogP) is 3.49. The lowest BCUT2D eigenvalue weighted by molar-refractivity contribution is -0.706. The van der Waals surface area contributed by atoms with Crippen LogP contribution in [0.3, 0.4) is 0 Å². The Bertz CT molecular complexity index is 1410. The van der Waals surface area contributed by atoms with Gasteiger partial charge in [-0.05, 0) is 35.9 Å². The third-order valence-corrected chi connectivity index (χ3v) is 5.97. The van der Waals surface area contributed by atoms with Crippen molar-refractivity contribution in [3.05, 3.63) is 71.1 Å². The van der Waals surface area contributed by atoms with Crippen molar-refractivity contribution in [2.75, 3.05) is 27.0 Å². The highest BCUT2D eigenvalue weighted by Crippen LogP contribution is 2.33. The molecule has 220 valence electrons. The van der Waals surface area contributed by atoms with Gasteiger partial charge in [0, 0.05) is 12.5 Å². The molecule has 0 bridgehead atoms. The molecule has 0 fully saturated rings. The molecule has 1 unspecified atom stereocenters. The molecule has 0 saturated carbocycles. The second-order valence-electron chi connectivity index (χ2n) is 8.26. The Morgan fingerprint density at radius 1 is 1.15 bits per heavy atom. The molecule has 1 atom stereocenters. The summed E-state index contributed by atoms with van der Waals surface area (Å²) >= 11 is -2.25. The fraction of sp³-hybridized carbons (Fsp3) is 0.292. The topological polar surface area (TPSA) is 159 Å². The van der Waals surface area contributed by atoms with Gasteiger partial charge in [-0.2, -0.15) is 18.3 Å². The standard InChI is InChI=1S/C24H24F3N5O8S/c1-16(33)39-15-40-29-32(35)30(2)11-12-38-23(34)13-17-3-5-18(6-4-17)21-14-22(24(25,26)27)28-31(21)19-7-9-20(10-8-19)41(36)37/h3-10,14H,11-13,15H2,1-2H3,(H,36,37)/b32-29-. The van der Waals surface area contributed by atoms with Crippen LogP contribution in [0.2, 0.25) is 0 Å². The van der Waals surface area contributed by atoms with Gasteiger partial charge in [-0.25, -0.2) is 8.89 Å². The molecule has 0 aliphatic carbocycles. The summed E-state index contributed by atoms with van der Waals surface area (Å²) in [4.78, 5) is 27.5. The summed E-state index contributed by atoms with van der Waals surface area (Å²) < 4.78 is 71.3. The number of ether oxygens (including phenoxy) is 2. The first-order chi connectivity index (χ1) is 19.3. The van der Waals surface area contributed by atoms with Crippen molar-refractivity contribution in [3.8, 4) is 16.9 Å². The van der Waals surface area contributed by atoms with Gasteiger partial charge in [0.15, 0.2) is 16.8 Å². The number of carbonyl (C=O) groups excluding carboxylic acids is 2. The third kappa shape index (κ3) is 9.00. The van der Waals surface area contributed by atoms with Crippen molar-refractivity contribution in [3.63, 3.8) is 0 Å². The van der Waals surface area contributed by atoms with E-state index in [0.717, 1.165) is 22.7 Å². The molecule has 0 aliphatic rings. The molecule has 0 saturated heterocycles. The second-order valence-corrected chi connectivity index (χ2v) is 9.23. The Kier molecular flexibility index (Phi) is 10.4. The first-order valence-electron chi connectivity index (χ1n) is 11.6. The van der Waals surface area contributed by atoms with Crippen molar-refractivity contribution >= 4 is 23.0 Å². The van der Waals surface area contributed by atoms with Gasteiger partial charge in [-0.15, -0.1) is 5.01 Å². The number of hydrazine groups is 1. The van der Waals surface area contributed by atoms with E-state index in [9.17, 15) is 36.7 Å². The SMILES string of the molecule is CC(=O)OCO/N=[N+](\[O-])N(C)CCOC(=O)Cc1ccc(-c2cc(C(F)(F)F)nn2-c2ccc(S(=O)O)cc2)cc1. The van der Waals surface area contributed by atoms with Crippen molar-refractivity contribution in [1.82, 2.24) is 14.8 Å². The first kappa shape index (κ1) is 31.0. The van der Waals surface area contributed by atoms with Crippen LogP contribution in [0.1, 0.15) is 18.2 Å². The number of rotatable bonds is 12. The van der Waals surface area contributed by atoms with E-state index >= 15 is 0 Å². The minimum atomic E-state index is -4.71. The molecule has 1 aromatic heterocycles. The lowest BCUT2D eigenvalue weighted by Crippen LogP contribution is -2.30. The fourth-order valence-corrected chi connectivity index (χ4v) is 3.63. The quantitative estimate of drug-likeness (QED) is 0.0621. The Labute approximate surface area is 233 Å². The molecule has 0 radical (unpaired) electrons. The first-order valence-corrected chi connectivity index (χ1v) is 12.7. The van der Waals surface area contributed by atoms with Crippen LogP contribution in [0.5, 0.6) is 0 Å². The number of carbonyl (C=O) groups is 2. The van der Waals surface area contributed by atoms with Crippen LogP contribution >= 0.6 is 0 Å². The van der Waals surface area contributed by atoms with E-state index in [1.54, 1.807) is 12.1 Å². The summed E-state index contributed by atoms with van der Waals surface area (Å²) in [7, 11) is 1.36. The third-order valence-electron chi connectivity index (χ3n) is 5.29. The number of likely N-dealkylation sites (N-methyl/N-ethyl adjacent to an activating group) is 1. The van der Waals surface area contributed by atoms with E-state index in [4.69, 9.17) is 4.74 Å². The summed E-state index contributed by atoms with van der Waals surface area (Å²) in [5, 5.41) is 19.5. The van der Waals surface area contributed by atoms with Gasteiger partial charge in [-0.3, -0.25) is 9.59 Å². The maximum absolute atomic E-state index is 13.4. The summed E-state index contributed by atoms with van der Waals surface area (Å²) in [6.45, 7) is 0.425. The molecule has 3 rings (SSSR count). The number of aromatic nitrogens is 2. The second kappa shape index (κ2) is 13.7. The Balaban J connectivity index is 1.63. The zero-order chi connectivity index (χ0) is 30.2. The summed E-state index contributed by atoms with van der Waals surface area (Å²) in [5.41, 5.74) is 0.111. The van der Waals surface area contributed by atoms with E-state index < -0.39 is 41.7 Å². The van der Waals surface area contributed by atoms with Crippen LogP contribution in [0.25, 0.3) is 16.9 Å². The molecule has 13 nitrogen and oxygen atoms in total. The van der Waals surface area contributed by atoms with Gasteiger partial charge in [-0.1, -0.05) is 24.3 Å². The monoisotopic (exact) mass is 599 g/mol. The van der Waals surface area contributed by atoms with Gasteiger partial charge in [0.05, 0.1) is 34.7 Å². The van der Waals surface area contributed by atoms with E-state index in [2.05, 4.69) is 20.0 Å². The Morgan fingerprint density at radius 2 is 1.80 bits per heavy atom. The number of nitrogens with zero attached hydrogens (tertiary/aromatic N) is 5. The number of benzene rings is 2. The molecule has 2 aromatic carbocycles. The maximum Gasteiger partial charge on any atom is 0.435 e. The van der Waals surface area contributed by atoms with Crippen molar-refractivity contribution in [2.24, 2.45) is 5.28 Å². The van der Waals surface area contributed by atoms with Crippen LogP contribution in [-0.2, 0) is 47.6 Å². The molecule has 1 heterocycles. The average molecular weight is 600 g/mol. The number of esters is 2. The normalized spacial score (nSPS) is 12.5. The Morgan fingerprint density at radius 3 is 2.39 bits per heavy atom. The van der Waals surface area contributed by atoms with Gasteiger partial charge < -0.3 is 24.1 Å². The maximum atomic E-state index is 13.4. The summed E-state index contributed by atoms with van der Waals surface area (Å²) in [6, 6.07) is 12.4. The largest absolute Gasteiger partial charge is 0.569 e. The molecular formula is C24H24F3N5O8S. The van der Waals surface area contributed by atoms with E-state index in [1.807, 2.05) is 0 Å². The fourth-order valence-electron chi connectivity index (χ4n) is 3.26. The highest BCUT2D eigenvalue weighted by Gasteiger charge is 2.35. The molecule has 0 spiro atoms. The van der Waals surface area contributed by atoms with E-state index in [-0.39, 0.29) is 40.8 Å². The van der Waals surface area contributed by atoms with E-state index in [0.29, 0.717) is 11.1 Å². The van der Waals surface area contributed by atoms with E-state index in [1.165, 1.54) is 43.4 Å². The predicted molar refractivity (Wildman–Crippen MR) is 134 cm³/mol. The number of hydrogen-bond acceptors (Lipinski definition) is 9. The average Bonchev–Trinajstić information content (AvgIpc) is 3.37. The van der Waals surface area contributed by atoms with Crippen LogP contribution < -0.4 is 0 Å². The highest BCUT2D eigenvalue weighted by molar-refractivity contribution is 7.79. The molecule has 3 aromatic rings. The molecule has 41 heavy (non-hydrogen) atoms. The Hall–Kier alpha value is -4.51. The zero-order valence-electron chi connectivity index (χ0n) is 21.6. The molecule has 0 amide bonds. The molecule has 17 heteroatoms. The van der Waals surface area contributed by atoms with Gasteiger partial charge in [0.1, 0.15) is 13.2 Å².